The van der Waals surface area contributed by atoms with Crippen molar-refractivity contribution in [3.05, 3.63) is 59.7 Å². The molecule has 0 aliphatic carbocycles. The molecule has 0 aliphatic heterocycles. The number of amides is 10. The first-order chi connectivity index (χ1) is 40.9. The monoisotopic (exact) mass is 1230 g/mol. The van der Waals surface area contributed by atoms with Crippen molar-refractivity contribution in [1.82, 2.24) is 53.2 Å². The van der Waals surface area contributed by atoms with Crippen LogP contribution in [-0.2, 0) is 70.4 Å². The van der Waals surface area contributed by atoms with Crippen LogP contribution in [0, 0.1) is 5.92 Å². The topological polar surface area (TPSA) is 581 Å². The van der Waals surface area contributed by atoms with E-state index in [0.717, 1.165) is 6.92 Å². The Balaban J connectivity index is 2.15. The fourth-order valence-electron chi connectivity index (χ4n) is 7.84. The van der Waals surface area contributed by atoms with E-state index in [1.807, 2.05) is 13.8 Å². The summed E-state index contributed by atoms with van der Waals surface area (Å²) in [5.41, 5.74) is 28.6. The predicted octanol–water partition coefficient (Wildman–Crippen LogP) is -6.93. The van der Waals surface area contributed by atoms with Crippen LogP contribution >= 0.6 is 0 Å². The number of guanidine groups is 2. The first-order valence-electron chi connectivity index (χ1n) is 27.3. The van der Waals surface area contributed by atoms with E-state index in [0.29, 0.717) is 17.5 Å². The van der Waals surface area contributed by atoms with Gasteiger partial charge in [0.2, 0.25) is 59.1 Å². The molecule has 9 atom stereocenters. The molecule has 0 fully saturated rings. The van der Waals surface area contributed by atoms with Crippen molar-refractivity contribution in [2.45, 2.75) is 133 Å². The Hall–Kier alpha value is -9.86. The minimum absolute atomic E-state index is 0.0227. The number of aliphatic hydroxyl groups excluding tert-OH is 1. The van der Waals surface area contributed by atoms with E-state index in [1.165, 1.54) is 55.5 Å². The lowest BCUT2D eigenvalue weighted by molar-refractivity contribution is -0.143. The van der Waals surface area contributed by atoms with Gasteiger partial charge in [0.15, 0.2) is 11.9 Å². The molecule has 0 spiro atoms. The molecule has 0 bridgehead atoms. The molecule has 25 N–H and O–H groups in total. The number of hydrogen-bond acceptors (Lipinski definition) is 18. The number of benzene rings is 2. The van der Waals surface area contributed by atoms with Crippen molar-refractivity contribution in [1.29, 1.82) is 0 Å². The van der Waals surface area contributed by atoms with Gasteiger partial charge >= 0.3 is 11.9 Å². The summed E-state index contributed by atoms with van der Waals surface area (Å²) >= 11 is 0. The van der Waals surface area contributed by atoms with E-state index >= 15 is 0 Å². The zero-order valence-electron chi connectivity index (χ0n) is 48.5. The van der Waals surface area contributed by atoms with Crippen LogP contribution < -0.4 is 81.8 Å². The molecule has 480 valence electrons. The average Bonchev–Trinajstić information content (AvgIpc) is 3.04. The summed E-state index contributed by atoms with van der Waals surface area (Å²) in [5, 5.41) is 71.5. The Bertz CT molecular complexity index is 2760. The average molecular weight is 1230 g/mol. The lowest BCUT2D eigenvalue weighted by Gasteiger charge is -2.26. The predicted molar refractivity (Wildman–Crippen MR) is 311 cm³/mol. The lowest BCUT2D eigenvalue weighted by Crippen LogP contribution is -2.59. The summed E-state index contributed by atoms with van der Waals surface area (Å²) in [5.74, 6) is -13.4. The third kappa shape index (κ3) is 29.0. The standard InChI is InChI=1S/C53H81N17O17/c1-26(2)19-33(54)45(80)69-37(21-30-11-15-32(73)16-12-30)50(85)66-34(7-5-17-59-52(55)56)46(81)63-27(3)43(78)62-23-40(74)61-24-41(75)65-38(22-42(76)77)48(83)64-28(4)44(79)68-36(20-29-9-13-31(72)14-10-29)49(84)67-35(8-6-18-60-53(57)58)47(82)70-39(25-71)51(86)87/h9-16,26-28,33-39,71-73H,5-8,17-25,54H2,1-4H3,(H,61,74)(H,62,78)(H,63,81)(H,64,83)(H,65,75)(H,66,85)(H,67,84)(H,68,79)(H,69,80)(H,70,82)(H,76,77)(H,86,87)(H4,55,56,59)(H4,57,58,60)/t27-,28-,33-,34-,35-,36-,37-,38-,39-/m0/s1. The van der Waals surface area contributed by atoms with Gasteiger partial charge in [-0.3, -0.25) is 62.7 Å². The fourth-order valence-corrected chi connectivity index (χ4v) is 7.84. The fraction of sp³-hybridized carbons (Fsp3) is 0.509. The van der Waals surface area contributed by atoms with Crippen molar-refractivity contribution in [3.8, 4) is 11.5 Å². The number of hydrogen-bond donors (Lipinski definition) is 20. The van der Waals surface area contributed by atoms with Gasteiger partial charge in [-0.25, -0.2) is 4.79 Å². The highest BCUT2D eigenvalue weighted by molar-refractivity contribution is 5.98. The molecule has 34 heteroatoms. The summed E-state index contributed by atoms with van der Waals surface area (Å²) in [6, 6.07) is -1.96. The van der Waals surface area contributed by atoms with E-state index in [4.69, 9.17) is 28.7 Å². The molecule has 0 saturated carbocycles. The summed E-state index contributed by atoms with van der Waals surface area (Å²) in [4.78, 5) is 165. The number of nitrogens with two attached hydrogens (primary N) is 5. The quantitative estimate of drug-likeness (QED) is 0.0169. The number of phenols is 2. The molecule has 0 radical (unpaired) electrons. The van der Waals surface area contributed by atoms with Crippen LogP contribution in [0.15, 0.2) is 58.5 Å². The maximum atomic E-state index is 13.9. The Morgan fingerprint density at radius 3 is 1.29 bits per heavy atom. The normalized spacial score (nSPS) is 13.9. The number of carboxylic acids is 2. The molecule has 0 aromatic heterocycles. The number of carbonyl (C=O) groups excluding carboxylic acids is 10. The zero-order chi connectivity index (χ0) is 65.5. The van der Waals surface area contributed by atoms with Crippen molar-refractivity contribution in [2.24, 2.45) is 44.6 Å². The largest absolute Gasteiger partial charge is 0.508 e. The number of nitrogens with one attached hydrogen (secondary N) is 10. The van der Waals surface area contributed by atoms with Crippen LogP contribution in [0.5, 0.6) is 11.5 Å². The summed E-state index contributed by atoms with van der Waals surface area (Å²) in [6.45, 7) is 3.47. The molecule has 0 unspecified atom stereocenters. The van der Waals surface area contributed by atoms with Crippen molar-refractivity contribution in [3.63, 3.8) is 0 Å². The minimum Gasteiger partial charge on any atom is -0.508 e. The molecule has 2 aromatic carbocycles. The van der Waals surface area contributed by atoms with Gasteiger partial charge in [-0.2, -0.15) is 0 Å². The number of aliphatic hydroxyl groups is 1. The van der Waals surface area contributed by atoms with Gasteiger partial charge in [0.25, 0.3) is 0 Å². The van der Waals surface area contributed by atoms with Gasteiger partial charge in [0.05, 0.1) is 32.2 Å². The second-order valence-corrected chi connectivity index (χ2v) is 20.4. The van der Waals surface area contributed by atoms with E-state index in [1.54, 1.807) is 0 Å². The van der Waals surface area contributed by atoms with Crippen LogP contribution in [0.2, 0.25) is 0 Å². The number of carboxylic acid groups (broad SMARTS) is 2. The number of carbonyl (C=O) groups is 12. The van der Waals surface area contributed by atoms with Crippen LogP contribution in [0.1, 0.15) is 77.3 Å². The number of rotatable bonds is 38. The number of nitrogens with zero attached hydrogens (tertiary/aromatic N) is 2. The third-order valence-electron chi connectivity index (χ3n) is 12.4. The minimum atomic E-state index is -1.87. The molecule has 2 aromatic rings. The van der Waals surface area contributed by atoms with E-state index in [2.05, 4.69) is 63.2 Å². The number of phenolic OH excluding ortho intramolecular Hbond substituents is 2. The Kier molecular flexibility index (Phi) is 31.5. The molecule has 34 nitrogen and oxygen atoms in total. The van der Waals surface area contributed by atoms with Crippen LogP contribution in [0.4, 0.5) is 0 Å². The second-order valence-electron chi connectivity index (χ2n) is 20.4. The van der Waals surface area contributed by atoms with Gasteiger partial charge in [-0.1, -0.05) is 38.1 Å². The van der Waals surface area contributed by atoms with Crippen molar-refractivity contribution < 1.29 is 83.1 Å². The summed E-state index contributed by atoms with van der Waals surface area (Å²) in [6.07, 6.45) is -1.16. The maximum absolute atomic E-state index is 13.9. The van der Waals surface area contributed by atoms with Gasteiger partial charge in [0, 0.05) is 25.9 Å². The Labute approximate surface area is 499 Å². The third-order valence-corrected chi connectivity index (χ3v) is 12.4. The molecule has 10 amide bonds. The maximum Gasteiger partial charge on any atom is 0.328 e. The van der Waals surface area contributed by atoms with Gasteiger partial charge in [0.1, 0.15) is 59.8 Å². The molecule has 0 saturated heterocycles. The SMILES string of the molecule is CC(C)C[C@H](N)C(=O)N[C@@H](Cc1ccc(O)cc1)C(=O)N[C@@H](CCCN=C(N)N)C(=O)N[C@@H](C)C(=O)NCC(=O)NCC(=O)N[C@@H](CC(=O)O)C(=O)N[C@@H](C)C(=O)N[C@@H](Cc1ccc(O)cc1)C(=O)N[C@@H](CCCN=C(N)N)C(=O)N[C@@H](CO)C(=O)O. The van der Waals surface area contributed by atoms with Gasteiger partial charge in [-0.15, -0.1) is 0 Å². The Morgan fingerprint density at radius 2 is 0.862 bits per heavy atom. The van der Waals surface area contributed by atoms with E-state index in [-0.39, 0.29) is 81.0 Å². The highest BCUT2D eigenvalue weighted by Gasteiger charge is 2.34. The summed E-state index contributed by atoms with van der Waals surface area (Å²) in [7, 11) is 0. The molecule has 0 aliphatic rings. The molecule has 2 rings (SSSR count). The van der Waals surface area contributed by atoms with Crippen LogP contribution in [0.25, 0.3) is 0 Å². The van der Waals surface area contributed by atoms with E-state index in [9.17, 15) is 83.1 Å². The Morgan fingerprint density at radius 1 is 0.471 bits per heavy atom. The molecular formula is C53H81N17O17. The molecular weight excluding hydrogens is 1150 g/mol. The van der Waals surface area contributed by atoms with Gasteiger partial charge < -0.3 is 107 Å². The first-order valence-corrected chi connectivity index (χ1v) is 27.3. The van der Waals surface area contributed by atoms with E-state index < -0.39 is 152 Å². The number of aliphatic carboxylic acids is 2. The number of aliphatic imine (C=N–C) groups is 2. The second kappa shape index (κ2) is 37.5. The highest BCUT2D eigenvalue weighted by atomic mass is 16.4. The van der Waals surface area contributed by atoms with Gasteiger partial charge in [-0.05, 0) is 87.3 Å². The van der Waals surface area contributed by atoms with Crippen molar-refractivity contribution >= 4 is 82.9 Å². The van der Waals surface area contributed by atoms with Crippen molar-refractivity contribution in [2.75, 3.05) is 32.8 Å². The number of aromatic hydroxyl groups is 2. The highest BCUT2D eigenvalue weighted by Crippen LogP contribution is 2.15. The smallest absolute Gasteiger partial charge is 0.328 e. The zero-order valence-corrected chi connectivity index (χ0v) is 48.5. The molecule has 0 heterocycles. The molecule has 87 heavy (non-hydrogen) atoms. The van der Waals surface area contributed by atoms with Crippen LogP contribution in [-0.4, -0.2) is 196 Å². The summed E-state index contributed by atoms with van der Waals surface area (Å²) < 4.78 is 0. The lowest BCUT2D eigenvalue weighted by atomic mass is 10.0. The van der Waals surface area contributed by atoms with Crippen LogP contribution in [0.3, 0.4) is 0 Å². The first kappa shape index (κ1) is 73.2.